The summed E-state index contributed by atoms with van der Waals surface area (Å²) < 4.78 is 86.6. The molecular formula is C34H35F3N6O5S. The number of sulfonamides is 1. The minimum atomic E-state index is -4.44. The van der Waals surface area contributed by atoms with Crippen LogP contribution in [0.4, 0.5) is 19.0 Å². The SMILES string of the molecule is COc1ccc(CN(c2ccncn2)S(=O)(=O)c2cnc(O[C@H]3CC[C@H](c4cccc(C(F)(F)F)c4)C[C@@H]3N(C)C)c(C#N)c2)c(OC)c1. The molecule has 0 radical (unpaired) electrons. The molecule has 11 nitrogen and oxygen atoms in total. The number of halogens is 3. The van der Waals surface area contributed by atoms with Gasteiger partial charge in [0, 0.05) is 29.9 Å². The van der Waals surface area contributed by atoms with E-state index in [-0.39, 0.29) is 40.7 Å². The number of anilines is 1. The highest BCUT2D eigenvalue weighted by atomic mass is 32.2. The molecule has 5 rings (SSSR count). The number of benzene rings is 2. The predicted octanol–water partition coefficient (Wildman–Crippen LogP) is 5.82. The first-order valence-corrected chi connectivity index (χ1v) is 16.7. The van der Waals surface area contributed by atoms with Crippen LogP contribution in [0.3, 0.4) is 0 Å². The molecule has 0 aliphatic heterocycles. The van der Waals surface area contributed by atoms with E-state index in [2.05, 4.69) is 15.0 Å². The maximum absolute atomic E-state index is 14.2. The van der Waals surface area contributed by atoms with E-state index in [0.717, 1.165) is 16.6 Å². The summed E-state index contributed by atoms with van der Waals surface area (Å²) in [6.45, 7) is -0.174. The molecule has 49 heavy (non-hydrogen) atoms. The lowest BCUT2D eigenvalue weighted by Gasteiger charge is -2.39. The minimum Gasteiger partial charge on any atom is -0.497 e. The van der Waals surface area contributed by atoms with Crippen LogP contribution in [0.2, 0.25) is 0 Å². The average molecular weight is 697 g/mol. The van der Waals surface area contributed by atoms with E-state index >= 15 is 0 Å². The van der Waals surface area contributed by atoms with Gasteiger partial charge in [0.15, 0.2) is 0 Å². The van der Waals surface area contributed by atoms with Gasteiger partial charge in [0.2, 0.25) is 5.88 Å². The maximum atomic E-state index is 14.2. The van der Waals surface area contributed by atoms with Crippen molar-refractivity contribution >= 4 is 15.8 Å². The second-order valence-electron chi connectivity index (χ2n) is 11.7. The van der Waals surface area contributed by atoms with Gasteiger partial charge >= 0.3 is 6.18 Å². The highest BCUT2D eigenvalue weighted by molar-refractivity contribution is 7.92. The topological polar surface area (TPSA) is 131 Å². The Bertz CT molecular complexity index is 1920. The van der Waals surface area contributed by atoms with Crippen molar-refractivity contribution in [1.82, 2.24) is 19.9 Å². The molecule has 2 heterocycles. The Hall–Kier alpha value is -4.94. The largest absolute Gasteiger partial charge is 0.497 e. The van der Waals surface area contributed by atoms with Crippen molar-refractivity contribution in [3.63, 3.8) is 0 Å². The van der Waals surface area contributed by atoms with Crippen LogP contribution < -0.4 is 18.5 Å². The van der Waals surface area contributed by atoms with Crippen molar-refractivity contribution < 1.29 is 35.8 Å². The zero-order valence-corrected chi connectivity index (χ0v) is 28.1. The Morgan fingerprint density at radius 3 is 2.47 bits per heavy atom. The number of rotatable bonds is 11. The Balaban J connectivity index is 1.41. The summed E-state index contributed by atoms with van der Waals surface area (Å²) in [7, 11) is 2.31. The number of aromatic nitrogens is 3. The summed E-state index contributed by atoms with van der Waals surface area (Å²) in [5, 5.41) is 10.1. The van der Waals surface area contributed by atoms with Gasteiger partial charge in [-0.25, -0.2) is 27.7 Å². The lowest BCUT2D eigenvalue weighted by molar-refractivity contribution is -0.137. The summed E-state index contributed by atoms with van der Waals surface area (Å²) >= 11 is 0. The molecule has 0 saturated heterocycles. The predicted molar refractivity (Wildman–Crippen MR) is 174 cm³/mol. The molecular weight excluding hydrogens is 661 g/mol. The van der Waals surface area contributed by atoms with Crippen LogP contribution in [-0.2, 0) is 22.7 Å². The summed E-state index contributed by atoms with van der Waals surface area (Å²) in [5.41, 5.74) is 0.340. The van der Waals surface area contributed by atoms with Crippen LogP contribution in [0.5, 0.6) is 17.4 Å². The monoisotopic (exact) mass is 696 g/mol. The number of hydrogen-bond acceptors (Lipinski definition) is 10. The van der Waals surface area contributed by atoms with Gasteiger partial charge in [-0.15, -0.1) is 0 Å². The Labute approximate surface area is 283 Å². The van der Waals surface area contributed by atoms with Gasteiger partial charge in [0.1, 0.15) is 46.3 Å². The lowest BCUT2D eigenvalue weighted by Crippen LogP contribution is -2.46. The fraction of sp³-hybridized carbons (Fsp3) is 0.353. The quantitative estimate of drug-likeness (QED) is 0.189. The lowest BCUT2D eigenvalue weighted by atomic mass is 9.79. The second-order valence-corrected chi connectivity index (χ2v) is 13.6. The Kier molecular flexibility index (Phi) is 10.6. The van der Waals surface area contributed by atoms with Gasteiger partial charge in [-0.2, -0.15) is 18.4 Å². The first-order chi connectivity index (χ1) is 23.3. The third kappa shape index (κ3) is 7.87. The zero-order valence-electron chi connectivity index (χ0n) is 27.3. The second kappa shape index (κ2) is 14.7. The molecule has 15 heteroatoms. The van der Waals surface area contributed by atoms with Crippen LogP contribution in [0.1, 0.15) is 47.4 Å². The number of nitriles is 1. The van der Waals surface area contributed by atoms with Crippen LogP contribution in [0.25, 0.3) is 0 Å². The zero-order chi connectivity index (χ0) is 35.3. The van der Waals surface area contributed by atoms with E-state index in [1.54, 1.807) is 24.3 Å². The smallest absolute Gasteiger partial charge is 0.416 e. The minimum absolute atomic E-state index is 0.0405. The van der Waals surface area contributed by atoms with Gasteiger partial charge in [-0.1, -0.05) is 18.2 Å². The maximum Gasteiger partial charge on any atom is 0.416 e. The number of methoxy groups -OCH3 is 2. The number of hydrogen-bond donors (Lipinski definition) is 0. The van der Waals surface area contributed by atoms with Crippen molar-refractivity contribution in [3.8, 4) is 23.4 Å². The highest BCUT2D eigenvalue weighted by Gasteiger charge is 2.37. The van der Waals surface area contributed by atoms with Crippen molar-refractivity contribution in [2.24, 2.45) is 0 Å². The van der Waals surface area contributed by atoms with E-state index < -0.39 is 27.9 Å². The first kappa shape index (κ1) is 35.4. The molecule has 2 aromatic heterocycles. The van der Waals surface area contributed by atoms with Crippen LogP contribution in [-0.4, -0.2) is 68.7 Å². The molecule has 1 fully saturated rings. The van der Waals surface area contributed by atoms with Gasteiger partial charge in [-0.05, 0) is 69.1 Å². The van der Waals surface area contributed by atoms with Crippen molar-refractivity contribution in [3.05, 3.63) is 95.6 Å². The molecule has 0 bridgehead atoms. The standard InChI is InChI=1S/C34H35F3N6O5S/c1-42(2)29-16-23(22-6-5-7-26(14-22)34(35,36)37)9-11-30(29)48-33-25(18-38)15-28(19-40-33)49(44,45)43(32-12-13-39-21-41-32)20-24-8-10-27(46-3)17-31(24)47-4/h5-8,10,12-15,17,19,21,23,29-30H,9,11,16,20H2,1-4H3/t23-,29-,30-/m0/s1. The van der Waals surface area contributed by atoms with Gasteiger partial charge in [0.05, 0.1) is 32.5 Å². The molecule has 1 aliphatic rings. The van der Waals surface area contributed by atoms with Crippen LogP contribution >= 0.6 is 0 Å². The summed E-state index contributed by atoms with van der Waals surface area (Å²) in [6.07, 6.45) is 0.398. The van der Waals surface area contributed by atoms with Crippen LogP contribution in [0.15, 0.2) is 78.2 Å². The van der Waals surface area contributed by atoms with E-state index in [9.17, 15) is 26.9 Å². The van der Waals surface area contributed by atoms with Gasteiger partial charge < -0.3 is 19.1 Å². The molecule has 0 N–H and O–H groups in total. The van der Waals surface area contributed by atoms with Crippen molar-refractivity contribution in [1.29, 1.82) is 5.26 Å². The third-order valence-corrected chi connectivity index (χ3v) is 10.2. The fourth-order valence-corrected chi connectivity index (χ4v) is 7.32. The van der Waals surface area contributed by atoms with Gasteiger partial charge in [-0.3, -0.25) is 0 Å². The molecule has 2 aromatic carbocycles. The van der Waals surface area contributed by atoms with Gasteiger partial charge in [0.25, 0.3) is 10.0 Å². The highest BCUT2D eigenvalue weighted by Crippen LogP contribution is 2.39. The van der Waals surface area contributed by atoms with Crippen LogP contribution in [0, 0.1) is 11.3 Å². The number of nitrogens with zero attached hydrogens (tertiary/aromatic N) is 6. The molecule has 0 spiro atoms. The van der Waals surface area contributed by atoms with E-state index in [1.807, 2.05) is 25.1 Å². The number of ether oxygens (including phenoxy) is 3. The van der Waals surface area contributed by atoms with Crippen molar-refractivity contribution in [2.45, 2.75) is 54.9 Å². The molecule has 258 valence electrons. The number of alkyl halides is 3. The molecule has 0 unspecified atom stereocenters. The molecule has 1 saturated carbocycles. The number of pyridine rings is 1. The fourth-order valence-electron chi connectivity index (χ4n) is 5.95. The first-order valence-electron chi connectivity index (χ1n) is 15.3. The Morgan fingerprint density at radius 1 is 1.02 bits per heavy atom. The normalized spacial score (nSPS) is 18.1. The summed E-state index contributed by atoms with van der Waals surface area (Å²) in [4.78, 5) is 14.0. The molecule has 3 atom stereocenters. The molecule has 4 aromatic rings. The van der Waals surface area contributed by atoms with E-state index in [4.69, 9.17) is 14.2 Å². The summed E-state index contributed by atoms with van der Waals surface area (Å²) in [5.74, 6) is 0.824. The number of likely N-dealkylation sites (N-methyl/N-ethyl adjacent to an activating group) is 1. The van der Waals surface area contributed by atoms with Crippen molar-refractivity contribution in [2.75, 3.05) is 32.6 Å². The third-order valence-electron chi connectivity index (χ3n) is 8.53. The average Bonchev–Trinajstić information content (AvgIpc) is 3.10. The van der Waals surface area contributed by atoms with E-state index in [0.29, 0.717) is 41.9 Å². The summed E-state index contributed by atoms with van der Waals surface area (Å²) in [6, 6.07) is 14.8. The molecule has 1 aliphatic carbocycles. The van der Waals surface area contributed by atoms with E-state index in [1.165, 1.54) is 51.0 Å². The molecule has 0 amide bonds. The Morgan fingerprint density at radius 2 is 1.82 bits per heavy atom.